The summed E-state index contributed by atoms with van der Waals surface area (Å²) in [5.74, 6) is -0.372. The van der Waals surface area contributed by atoms with Crippen LogP contribution in [0, 0.1) is 13.8 Å². The summed E-state index contributed by atoms with van der Waals surface area (Å²) in [6, 6.07) is 9.50. The van der Waals surface area contributed by atoms with Gasteiger partial charge in [0.25, 0.3) is 5.91 Å². The molecule has 0 saturated heterocycles. The Hall–Kier alpha value is -2.96. The van der Waals surface area contributed by atoms with Crippen LogP contribution in [0.3, 0.4) is 0 Å². The SMILES string of the molecule is CCCCn1c(O)c(N=NC(=O)Cn2nc(C)cc2C)c2ccccc21. The highest BCUT2D eigenvalue weighted by Gasteiger charge is 2.16. The number of azo groups is 1. The van der Waals surface area contributed by atoms with Crippen LogP contribution in [-0.2, 0) is 17.9 Å². The average Bonchev–Trinajstić information content (AvgIpc) is 3.07. The second-order valence-electron chi connectivity index (χ2n) is 6.37. The summed E-state index contributed by atoms with van der Waals surface area (Å²) in [6.45, 7) is 6.58. The Kier molecular flexibility index (Phi) is 5.16. The van der Waals surface area contributed by atoms with Crippen molar-refractivity contribution >= 4 is 22.5 Å². The van der Waals surface area contributed by atoms with Gasteiger partial charge in [-0.05, 0) is 32.4 Å². The molecule has 136 valence electrons. The first-order valence-electron chi connectivity index (χ1n) is 8.77. The Balaban J connectivity index is 1.88. The highest BCUT2D eigenvalue weighted by molar-refractivity contribution is 5.95. The van der Waals surface area contributed by atoms with Crippen molar-refractivity contribution in [3.8, 4) is 5.88 Å². The maximum atomic E-state index is 12.2. The molecule has 3 aromatic rings. The molecule has 0 spiro atoms. The lowest BCUT2D eigenvalue weighted by Crippen LogP contribution is -2.10. The molecule has 0 aliphatic heterocycles. The number of hydrogen-bond donors (Lipinski definition) is 1. The van der Waals surface area contributed by atoms with Crippen molar-refractivity contribution < 1.29 is 9.90 Å². The molecule has 0 radical (unpaired) electrons. The van der Waals surface area contributed by atoms with Gasteiger partial charge in [-0.25, -0.2) is 0 Å². The Labute approximate surface area is 152 Å². The summed E-state index contributed by atoms with van der Waals surface area (Å²) in [5, 5.41) is 23.5. The van der Waals surface area contributed by atoms with Crippen LogP contribution in [0.2, 0.25) is 0 Å². The first-order chi connectivity index (χ1) is 12.5. The standard InChI is InChI=1S/C19H23N5O2/c1-4-5-10-23-16-9-7-6-8-15(16)18(19(23)26)21-20-17(25)12-24-14(3)11-13(2)22-24/h6-9,11,26H,4-5,10,12H2,1-3H3. The Morgan fingerprint density at radius 2 is 2.04 bits per heavy atom. The fourth-order valence-electron chi connectivity index (χ4n) is 3.01. The van der Waals surface area contributed by atoms with E-state index in [-0.39, 0.29) is 12.4 Å². The molecule has 1 N–H and O–H groups in total. The molecule has 2 heterocycles. The summed E-state index contributed by atoms with van der Waals surface area (Å²) in [4.78, 5) is 12.2. The highest BCUT2D eigenvalue weighted by Crippen LogP contribution is 2.38. The Bertz CT molecular complexity index is 968. The summed E-state index contributed by atoms with van der Waals surface area (Å²) >= 11 is 0. The van der Waals surface area contributed by atoms with E-state index in [4.69, 9.17) is 0 Å². The number of amides is 1. The van der Waals surface area contributed by atoms with Crippen LogP contribution in [0.5, 0.6) is 5.88 Å². The van der Waals surface area contributed by atoms with Crippen molar-refractivity contribution in [2.45, 2.75) is 46.7 Å². The van der Waals surface area contributed by atoms with Crippen LogP contribution in [0.15, 0.2) is 40.6 Å². The molecule has 0 aliphatic rings. The molecule has 7 nitrogen and oxygen atoms in total. The largest absolute Gasteiger partial charge is 0.493 e. The smallest absolute Gasteiger partial charge is 0.286 e. The second kappa shape index (κ2) is 7.51. The van der Waals surface area contributed by atoms with Gasteiger partial charge in [-0.2, -0.15) is 5.10 Å². The van der Waals surface area contributed by atoms with E-state index < -0.39 is 5.91 Å². The normalized spacial score (nSPS) is 11.7. The zero-order chi connectivity index (χ0) is 18.7. The van der Waals surface area contributed by atoms with Crippen LogP contribution in [0.25, 0.3) is 10.9 Å². The topological polar surface area (TPSA) is 84.8 Å². The minimum atomic E-state index is -0.416. The molecule has 0 saturated carbocycles. The zero-order valence-corrected chi connectivity index (χ0v) is 15.3. The van der Waals surface area contributed by atoms with Gasteiger partial charge in [0.05, 0.1) is 11.2 Å². The van der Waals surface area contributed by atoms with Crippen LogP contribution >= 0.6 is 0 Å². The number of rotatable bonds is 6. The Morgan fingerprint density at radius 3 is 2.73 bits per heavy atom. The van der Waals surface area contributed by atoms with Gasteiger partial charge >= 0.3 is 0 Å². The molecule has 2 aromatic heterocycles. The number of carbonyl (C=O) groups is 1. The van der Waals surface area contributed by atoms with E-state index in [0.717, 1.165) is 35.1 Å². The summed E-state index contributed by atoms with van der Waals surface area (Å²) < 4.78 is 3.42. The summed E-state index contributed by atoms with van der Waals surface area (Å²) in [6.07, 6.45) is 1.96. The molecular weight excluding hydrogens is 330 g/mol. The summed E-state index contributed by atoms with van der Waals surface area (Å²) in [7, 11) is 0. The summed E-state index contributed by atoms with van der Waals surface area (Å²) in [5.41, 5.74) is 2.96. The van der Waals surface area contributed by atoms with Gasteiger partial charge in [0, 0.05) is 17.6 Å². The minimum absolute atomic E-state index is 0.0262. The molecule has 1 amide bonds. The fourth-order valence-corrected chi connectivity index (χ4v) is 3.01. The average molecular weight is 353 g/mol. The number of aromatic nitrogens is 3. The Morgan fingerprint density at radius 1 is 1.27 bits per heavy atom. The van der Waals surface area contributed by atoms with Crippen LogP contribution in [0.1, 0.15) is 31.2 Å². The number of unbranched alkanes of at least 4 members (excludes halogenated alkanes) is 1. The van der Waals surface area contributed by atoms with E-state index in [2.05, 4.69) is 22.3 Å². The highest BCUT2D eigenvalue weighted by atomic mass is 16.3. The molecule has 26 heavy (non-hydrogen) atoms. The minimum Gasteiger partial charge on any atom is -0.493 e. The van der Waals surface area contributed by atoms with Gasteiger partial charge in [0.2, 0.25) is 5.88 Å². The molecule has 0 aliphatic carbocycles. The predicted molar refractivity (Wildman–Crippen MR) is 99.7 cm³/mol. The number of nitrogens with zero attached hydrogens (tertiary/aromatic N) is 5. The van der Waals surface area contributed by atoms with Crippen molar-refractivity contribution in [2.75, 3.05) is 0 Å². The predicted octanol–water partition coefficient (Wildman–Crippen LogP) is 4.27. The van der Waals surface area contributed by atoms with Crippen LogP contribution in [-0.4, -0.2) is 25.4 Å². The number of benzene rings is 1. The molecule has 0 bridgehead atoms. The van der Waals surface area contributed by atoms with Crippen molar-refractivity contribution in [1.82, 2.24) is 14.3 Å². The number of para-hydroxylation sites is 1. The molecule has 0 atom stereocenters. The molecule has 3 rings (SSSR count). The van der Waals surface area contributed by atoms with Gasteiger partial charge < -0.3 is 9.67 Å². The first kappa shape index (κ1) is 17.8. The molecular formula is C19H23N5O2. The molecule has 1 aromatic carbocycles. The number of carbonyl (C=O) groups excluding carboxylic acids is 1. The lowest BCUT2D eigenvalue weighted by atomic mass is 10.2. The van der Waals surface area contributed by atoms with Gasteiger partial charge in [-0.15, -0.1) is 10.2 Å². The van der Waals surface area contributed by atoms with E-state index in [1.165, 1.54) is 0 Å². The molecule has 7 heteroatoms. The van der Waals surface area contributed by atoms with E-state index in [1.54, 1.807) is 4.68 Å². The lowest BCUT2D eigenvalue weighted by Gasteiger charge is -2.05. The third-order valence-corrected chi connectivity index (χ3v) is 4.30. The number of hydrogen-bond acceptors (Lipinski definition) is 4. The lowest BCUT2D eigenvalue weighted by molar-refractivity contribution is -0.119. The van der Waals surface area contributed by atoms with E-state index in [0.29, 0.717) is 12.2 Å². The van der Waals surface area contributed by atoms with Gasteiger partial charge in [0.1, 0.15) is 6.54 Å². The van der Waals surface area contributed by atoms with Crippen molar-refractivity contribution in [3.63, 3.8) is 0 Å². The van der Waals surface area contributed by atoms with E-state index in [9.17, 15) is 9.90 Å². The van der Waals surface area contributed by atoms with Crippen LogP contribution < -0.4 is 0 Å². The van der Waals surface area contributed by atoms with Crippen molar-refractivity contribution in [1.29, 1.82) is 0 Å². The monoisotopic (exact) mass is 353 g/mol. The van der Waals surface area contributed by atoms with Gasteiger partial charge in [-0.1, -0.05) is 31.5 Å². The van der Waals surface area contributed by atoms with E-state index >= 15 is 0 Å². The maximum absolute atomic E-state index is 12.2. The third kappa shape index (κ3) is 3.51. The number of aryl methyl sites for hydroxylation is 3. The fraction of sp³-hybridized carbons (Fsp3) is 0.368. The zero-order valence-electron chi connectivity index (χ0n) is 15.3. The first-order valence-corrected chi connectivity index (χ1v) is 8.77. The van der Waals surface area contributed by atoms with Gasteiger partial charge in [0.15, 0.2) is 5.69 Å². The quantitative estimate of drug-likeness (QED) is 0.672. The third-order valence-electron chi connectivity index (χ3n) is 4.30. The maximum Gasteiger partial charge on any atom is 0.286 e. The number of aromatic hydroxyl groups is 1. The number of fused-ring (bicyclic) bond motifs is 1. The van der Waals surface area contributed by atoms with Crippen molar-refractivity contribution in [3.05, 3.63) is 41.7 Å². The molecule has 0 fully saturated rings. The van der Waals surface area contributed by atoms with Gasteiger partial charge in [-0.3, -0.25) is 9.48 Å². The van der Waals surface area contributed by atoms with Crippen molar-refractivity contribution in [2.24, 2.45) is 10.2 Å². The van der Waals surface area contributed by atoms with E-state index in [1.807, 2.05) is 48.7 Å². The van der Waals surface area contributed by atoms with Crippen LogP contribution in [0.4, 0.5) is 5.69 Å². The second-order valence-corrected chi connectivity index (χ2v) is 6.37. The molecule has 0 unspecified atom stereocenters.